The van der Waals surface area contributed by atoms with Crippen LogP contribution in [0.25, 0.3) is 0 Å². The average molecular weight is 554 g/mol. The van der Waals surface area contributed by atoms with E-state index in [2.05, 4.69) is 31.2 Å². The van der Waals surface area contributed by atoms with Gasteiger partial charge in [0.1, 0.15) is 6.04 Å². The van der Waals surface area contributed by atoms with Crippen LogP contribution in [0.5, 0.6) is 0 Å². The van der Waals surface area contributed by atoms with Gasteiger partial charge in [-0.2, -0.15) is 0 Å². The van der Waals surface area contributed by atoms with Crippen molar-refractivity contribution in [2.45, 2.75) is 38.6 Å². The van der Waals surface area contributed by atoms with Gasteiger partial charge >= 0.3 is 11.9 Å². The van der Waals surface area contributed by atoms with Gasteiger partial charge in [-0.3, -0.25) is 9.79 Å². The Balaban J connectivity index is 1.85. The van der Waals surface area contributed by atoms with Crippen LogP contribution in [-0.2, 0) is 14.3 Å². The summed E-state index contributed by atoms with van der Waals surface area (Å²) in [6.45, 7) is 1.80. The number of aliphatic imine (C=N–C) groups is 1. The lowest BCUT2D eigenvalue weighted by molar-refractivity contribution is -0.143. The maximum absolute atomic E-state index is 14.5. The summed E-state index contributed by atoms with van der Waals surface area (Å²) in [7, 11) is 0. The minimum absolute atomic E-state index is 0.121. The summed E-state index contributed by atoms with van der Waals surface area (Å²) in [5, 5.41) is 15.0. The molecule has 1 aromatic heterocycles. The Kier molecular flexibility index (Phi) is 7.42. The van der Waals surface area contributed by atoms with Crippen molar-refractivity contribution < 1.29 is 28.2 Å². The predicted octanol–water partition coefficient (Wildman–Crippen LogP) is 4.98. The molecule has 1 unspecified atom stereocenters. The molecule has 1 atom stereocenters. The van der Waals surface area contributed by atoms with E-state index in [0.29, 0.717) is 42.2 Å². The van der Waals surface area contributed by atoms with Gasteiger partial charge in [0.25, 0.3) is 0 Å². The topological polar surface area (TPSA) is 101 Å². The van der Waals surface area contributed by atoms with Gasteiger partial charge in [0, 0.05) is 17.3 Å². The first-order chi connectivity index (χ1) is 16.3. The molecule has 7 nitrogen and oxygen atoms in total. The Morgan fingerprint density at radius 1 is 1.26 bits per heavy atom. The number of esters is 1. The number of benzene rings is 1. The van der Waals surface area contributed by atoms with Crippen molar-refractivity contribution in [1.82, 2.24) is 10.3 Å². The fourth-order valence-corrected chi connectivity index (χ4v) is 5.50. The normalized spacial score (nSPS) is 22.7. The molecule has 1 aliphatic heterocycles. The molecule has 2 N–H and O–H groups in total. The van der Waals surface area contributed by atoms with Crippen molar-refractivity contribution in [3.8, 4) is 0 Å². The summed E-state index contributed by atoms with van der Waals surface area (Å²) in [5.41, 5.74) is 1.03. The van der Waals surface area contributed by atoms with Gasteiger partial charge in [0.2, 0.25) is 0 Å². The second-order valence-electron chi connectivity index (χ2n) is 8.04. The van der Waals surface area contributed by atoms with Crippen LogP contribution in [0.1, 0.15) is 49.2 Å². The number of ether oxygens (including phenoxy) is 1. The Hall–Kier alpha value is -2.66. The molecular weight excluding hydrogens is 532 g/mol. The summed E-state index contributed by atoms with van der Waals surface area (Å²) in [5.74, 6) is -3.74. The van der Waals surface area contributed by atoms with Crippen LogP contribution >= 0.6 is 27.3 Å². The molecule has 4 rings (SSSR count). The Morgan fingerprint density at radius 2 is 2.00 bits per heavy atom. The molecular formula is C23H22BrF2N3O4S. The van der Waals surface area contributed by atoms with E-state index in [1.54, 1.807) is 18.5 Å². The zero-order chi connectivity index (χ0) is 24.4. The van der Waals surface area contributed by atoms with Crippen molar-refractivity contribution in [3.63, 3.8) is 0 Å². The molecule has 1 aromatic carbocycles. The van der Waals surface area contributed by atoms with Gasteiger partial charge in [-0.05, 0) is 66.1 Å². The highest BCUT2D eigenvalue weighted by atomic mass is 79.9. The third kappa shape index (κ3) is 4.76. The van der Waals surface area contributed by atoms with Crippen molar-refractivity contribution in [1.29, 1.82) is 0 Å². The smallest absolute Gasteiger partial charge is 0.338 e. The van der Waals surface area contributed by atoms with E-state index in [1.165, 1.54) is 17.4 Å². The number of carbonyl (C=O) groups is 2. The molecule has 0 bridgehead atoms. The molecule has 1 fully saturated rings. The van der Waals surface area contributed by atoms with Crippen LogP contribution in [-0.4, -0.2) is 34.5 Å². The number of carboxylic acids is 1. The first-order valence-electron chi connectivity index (χ1n) is 10.8. The molecule has 0 saturated heterocycles. The number of carboxylic acid groups (broad SMARTS) is 1. The number of amidine groups is 1. The first-order valence-corrected chi connectivity index (χ1v) is 12.5. The van der Waals surface area contributed by atoms with Crippen molar-refractivity contribution in [3.05, 3.63) is 61.7 Å². The van der Waals surface area contributed by atoms with Gasteiger partial charge in [-0.1, -0.05) is 6.07 Å². The van der Waals surface area contributed by atoms with Crippen molar-refractivity contribution in [2.75, 3.05) is 6.61 Å². The molecule has 2 heterocycles. The highest BCUT2D eigenvalue weighted by Gasteiger charge is 2.39. The van der Waals surface area contributed by atoms with E-state index in [4.69, 9.17) is 4.74 Å². The standard InChI is InChI=1S/C23H22BrF2N3O4S/c1-2-33-23(32)15-18(11-3-5-12(6-4-11)22(30)31)28-20(21-27-9-10-34-21)29-19(15)13-7-8-14(25)17(26)16(13)24/h7-12,19H,2-6H2,1H3,(H,28,29)(H,30,31). The van der Waals surface area contributed by atoms with Gasteiger partial charge in [0.05, 0.1) is 22.6 Å². The first kappa shape index (κ1) is 24.5. The number of halogens is 3. The second-order valence-corrected chi connectivity index (χ2v) is 9.73. The van der Waals surface area contributed by atoms with E-state index in [0.717, 1.165) is 6.07 Å². The Bertz CT molecular complexity index is 1160. The number of nitrogens with zero attached hydrogens (tertiary/aromatic N) is 2. The second kappa shape index (κ2) is 10.3. The number of aromatic nitrogens is 1. The van der Waals surface area contributed by atoms with Crippen molar-refractivity contribution in [2.24, 2.45) is 16.8 Å². The van der Waals surface area contributed by atoms with E-state index >= 15 is 0 Å². The number of rotatable bonds is 6. The van der Waals surface area contributed by atoms with Crippen LogP contribution in [0, 0.1) is 23.5 Å². The number of carbonyl (C=O) groups excluding carboxylic acids is 1. The Morgan fingerprint density at radius 3 is 2.62 bits per heavy atom. The predicted molar refractivity (Wildman–Crippen MR) is 125 cm³/mol. The van der Waals surface area contributed by atoms with Crippen LogP contribution in [0.4, 0.5) is 8.78 Å². The molecule has 180 valence electrons. The number of hydrogen-bond acceptors (Lipinski definition) is 7. The van der Waals surface area contributed by atoms with Gasteiger partial charge in [0.15, 0.2) is 22.5 Å². The molecule has 0 spiro atoms. The fraction of sp³-hybridized carbons (Fsp3) is 0.391. The third-order valence-corrected chi connectivity index (χ3v) is 7.64. The molecule has 2 aliphatic rings. The number of allylic oxidation sites excluding steroid dienone is 1. The largest absolute Gasteiger partial charge is 0.481 e. The quantitative estimate of drug-likeness (QED) is 0.386. The zero-order valence-corrected chi connectivity index (χ0v) is 20.6. The molecule has 1 aliphatic carbocycles. The summed E-state index contributed by atoms with van der Waals surface area (Å²) in [6, 6.07) is 1.41. The summed E-state index contributed by atoms with van der Waals surface area (Å²) in [4.78, 5) is 33.6. The lowest BCUT2D eigenvalue weighted by Gasteiger charge is -2.34. The summed E-state index contributed by atoms with van der Waals surface area (Å²) in [6.07, 6.45) is 3.63. The maximum atomic E-state index is 14.5. The van der Waals surface area contributed by atoms with E-state index < -0.39 is 35.5 Å². The lowest BCUT2D eigenvalue weighted by Crippen LogP contribution is -2.38. The van der Waals surface area contributed by atoms with Gasteiger partial charge in [-0.25, -0.2) is 18.6 Å². The summed E-state index contributed by atoms with van der Waals surface area (Å²) < 4.78 is 33.5. The maximum Gasteiger partial charge on any atom is 0.338 e. The van der Waals surface area contributed by atoms with E-state index in [-0.39, 0.29) is 28.1 Å². The minimum atomic E-state index is -1.08. The van der Waals surface area contributed by atoms with Crippen molar-refractivity contribution >= 4 is 45.0 Å². The van der Waals surface area contributed by atoms with Crippen LogP contribution in [0.3, 0.4) is 0 Å². The molecule has 0 radical (unpaired) electrons. The highest BCUT2D eigenvalue weighted by molar-refractivity contribution is 9.10. The SMILES string of the molecule is CCOC(=O)C1=C(C2CCC(C(=O)O)CC2)NC(c2nccs2)=NC1c1ccc(F)c(F)c1Br. The zero-order valence-electron chi connectivity index (χ0n) is 18.2. The molecule has 0 amide bonds. The summed E-state index contributed by atoms with van der Waals surface area (Å²) >= 11 is 4.48. The third-order valence-electron chi connectivity index (χ3n) is 6.05. The van der Waals surface area contributed by atoms with Crippen LogP contribution < -0.4 is 5.32 Å². The number of thiazole rings is 1. The van der Waals surface area contributed by atoms with Gasteiger partial charge in [-0.15, -0.1) is 11.3 Å². The van der Waals surface area contributed by atoms with E-state index in [1.807, 2.05) is 0 Å². The average Bonchev–Trinajstić information content (AvgIpc) is 3.37. The van der Waals surface area contributed by atoms with Gasteiger partial charge < -0.3 is 15.2 Å². The van der Waals surface area contributed by atoms with Crippen LogP contribution in [0.2, 0.25) is 0 Å². The number of aliphatic carboxylic acids is 1. The Labute approximate surface area is 207 Å². The monoisotopic (exact) mass is 553 g/mol. The molecule has 1 saturated carbocycles. The lowest BCUT2D eigenvalue weighted by atomic mass is 9.78. The van der Waals surface area contributed by atoms with Crippen LogP contribution in [0.15, 0.2) is 44.4 Å². The molecule has 34 heavy (non-hydrogen) atoms. The highest BCUT2D eigenvalue weighted by Crippen LogP contribution is 2.42. The molecule has 2 aromatic rings. The van der Waals surface area contributed by atoms with E-state index in [9.17, 15) is 23.5 Å². The fourth-order valence-electron chi connectivity index (χ4n) is 4.38. The molecule has 11 heteroatoms. The number of nitrogens with one attached hydrogen (secondary N) is 1. The number of hydrogen-bond donors (Lipinski definition) is 2. The minimum Gasteiger partial charge on any atom is -0.481 e.